The second kappa shape index (κ2) is 9.98. The van der Waals surface area contributed by atoms with Gasteiger partial charge in [-0.25, -0.2) is 0 Å². The third-order valence-electron chi connectivity index (χ3n) is 4.91. The fraction of sp³-hybridized carbons (Fsp3) is 0.556. The minimum Gasteiger partial charge on any atom is -0.384 e. The van der Waals surface area contributed by atoms with E-state index in [9.17, 15) is 9.59 Å². The van der Waals surface area contributed by atoms with Crippen LogP contribution in [-0.4, -0.2) is 50.4 Å². The second-order valence-corrected chi connectivity index (χ2v) is 8.58. The third-order valence-corrected chi connectivity index (χ3v) is 6.42. The highest BCUT2D eigenvalue weighted by Gasteiger charge is 2.34. The molecule has 2 aliphatic heterocycles. The number of piperidine rings is 1. The smallest absolute Gasteiger partial charge is 0.238 e. The zero-order valence-corrected chi connectivity index (χ0v) is 17.6. The van der Waals surface area contributed by atoms with Crippen LogP contribution in [-0.2, 0) is 14.3 Å². The van der Waals surface area contributed by atoms with Gasteiger partial charge in [-0.15, -0.1) is 24.2 Å². The van der Waals surface area contributed by atoms with Crippen LogP contribution in [0.2, 0.25) is 5.02 Å². The number of halogens is 2. The Hall–Kier alpha value is -0.990. The van der Waals surface area contributed by atoms with Crippen molar-refractivity contribution in [3.05, 3.63) is 23.2 Å². The molecule has 1 saturated heterocycles. The van der Waals surface area contributed by atoms with Crippen LogP contribution < -0.4 is 16.0 Å². The number of carbonyl (C=O) groups is 2. The van der Waals surface area contributed by atoms with Crippen LogP contribution in [0.25, 0.3) is 0 Å². The van der Waals surface area contributed by atoms with Crippen molar-refractivity contribution in [2.24, 2.45) is 5.41 Å². The SMILES string of the molecule is COCC1(CNC(=O)CC2Sc3ccc(Cl)cc3NC2=O)CCNCC1.Cl. The minimum atomic E-state index is -0.435. The Morgan fingerprint density at radius 2 is 2.15 bits per heavy atom. The number of amides is 2. The summed E-state index contributed by atoms with van der Waals surface area (Å²) in [5, 5.41) is 9.33. The van der Waals surface area contributed by atoms with Gasteiger partial charge in [0.1, 0.15) is 0 Å². The van der Waals surface area contributed by atoms with Crippen molar-refractivity contribution in [2.75, 3.05) is 38.7 Å². The molecule has 27 heavy (non-hydrogen) atoms. The van der Waals surface area contributed by atoms with E-state index < -0.39 is 5.25 Å². The Labute approximate surface area is 174 Å². The number of anilines is 1. The Balaban J connectivity index is 0.00000261. The fourth-order valence-electron chi connectivity index (χ4n) is 3.42. The number of hydrogen-bond acceptors (Lipinski definition) is 5. The molecule has 0 aliphatic carbocycles. The maximum absolute atomic E-state index is 12.4. The van der Waals surface area contributed by atoms with E-state index in [0.29, 0.717) is 23.9 Å². The predicted molar refractivity (Wildman–Crippen MR) is 111 cm³/mol. The first-order chi connectivity index (χ1) is 12.5. The van der Waals surface area contributed by atoms with E-state index in [-0.39, 0.29) is 36.1 Å². The van der Waals surface area contributed by atoms with Crippen LogP contribution >= 0.6 is 35.8 Å². The Kier molecular flexibility index (Phi) is 8.24. The molecule has 2 aliphatic rings. The van der Waals surface area contributed by atoms with E-state index >= 15 is 0 Å². The van der Waals surface area contributed by atoms with Crippen molar-refractivity contribution in [1.82, 2.24) is 10.6 Å². The van der Waals surface area contributed by atoms with Gasteiger partial charge in [0.2, 0.25) is 11.8 Å². The normalized spacial score (nSPS) is 20.8. The van der Waals surface area contributed by atoms with Gasteiger partial charge in [-0.2, -0.15) is 0 Å². The Morgan fingerprint density at radius 3 is 2.85 bits per heavy atom. The highest BCUT2D eigenvalue weighted by Crippen LogP contribution is 2.38. The number of thioether (sulfide) groups is 1. The quantitative estimate of drug-likeness (QED) is 0.642. The number of fused-ring (bicyclic) bond motifs is 1. The van der Waals surface area contributed by atoms with Crippen LogP contribution in [0, 0.1) is 5.41 Å². The van der Waals surface area contributed by atoms with Gasteiger partial charge in [-0.1, -0.05) is 11.6 Å². The number of methoxy groups -OCH3 is 1. The second-order valence-electron chi connectivity index (χ2n) is 6.90. The largest absolute Gasteiger partial charge is 0.384 e. The summed E-state index contributed by atoms with van der Waals surface area (Å²) in [6.07, 6.45) is 2.09. The summed E-state index contributed by atoms with van der Waals surface area (Å²) in [7, 11) is 1.69. The number of nitrogens with one attached hydrogen (secondary N) is 3. The summed E-state index contributed by atoms with van der Waals surface area (Å²) in [4.78, 5) is 25.7. The molecular formula is C18H25Cl2N3O3S. The molecule has 0 bridgehead atoms. The third kappa shape index (κ3) is 5.74. The summed E-state index contributed by atoms with van der Waals surface area (Å²) in [5.74, 6) is -0.266. The minimum absolute atomic E-state index is 0. The van der Waals surface area contributed by atoms with Crippen LogP contribution in [0.5, 0.6) is 0 Å². The van der Waals surface area contributed by atoms with Gasteiger partial charge in [0.25, 0.3) is 0 Å². The van der Waals surface area contributed by atoms with Crippen molar-refractivity contribution in [3.8, 4) is 0 Å². The van der Waals surface area contributed by atoms with E-state index in [2.05, 4.69) is 16.0 Å². The first-order valence-electron chi connectivity index (χ1n) is 8.75. The molecule has 1 unspecified atom stereocenters. The summed E-state index contributed by atoms with van der Waals surface area (Å²) in [6.45, 7) is 3.06. The molecule has 0 radical (unpaired) electrons. The Morgan fingerprint density at radius 1 is 1.41 bits per heavy atom. The molecule has 6 nitrogen and oxygen atoms in total. The van der Waals surface area contributed by atoms with Crippen molar-refractivity contribution in [1.29, 1.82) is 0 Å². The average Bonchev–Trinajstić information content (AvgIpc) is 2.62. The number of ether oxygens (including phenoxy) is 1. The predicted octanol–water partition coefficient (Wildman–Crippen LogP) is 2.70. The summed E-state index contributed by atoms with van der Waals surface area (Å²) in [5.41, 5.74) is 0.680. The van der Waals surface area contributed by atoms with Crippen LogP contribution in [0.1, 0.15) is 19.3 Å². The van der Waals surface area contributed by atoms with E-state index in [0.717, 1.165) is 30.8 Å². The molecule has 1 aromatic carbocycles. The van der Waals surface area contributed by atoms with Crippen LogP contribution in [0.15, 0.2) is 23.1 Å². The zero-order chi connectivity index (χ0) is 18.6. The van der Waals surface area contributed by atoms with Gasteiger partial charge < -0.3 is 20.7 Å². The molecule has 0 aromatic heterocycles. The lowest BCUT2D eigenvalue weighted by Gasteiger charge is -2.37. The van der Waals surface area contributed by atoms with E-state index in [1.807, 2.05) is 6.07 Å². The molecule has 0 spiro atoms. The molecule has 1 fully saturated rings. The molecule has 3 N–H and O–H groups in total. The number of carbonyl (C=O) groups excluding carboxylic acids is 2. The van der Waals surface area contributed by atoms with Crippen LogP contribution in [0.3, 0.4) is 0 Å². The van der Waals surface area contributed by atoms with Gasteiger partial charge in [-0.05, 0) is 44.1 Å². The maximum Gasteiger partial charge on any atom is 0.238 e. The van der Waals surface area contributed by atoms with Crippen molar-refractivity contribution >= 4 is 53.3 Å². The standard InChI is InChI=1S/C18H24ClN3O3S.ClH/c1-25-11-18(4-6-20-7-5-18)10-21-16(23)9-15-17(24)22-13-8-12(19)2-3-14(13)26-15;/h2-3,8,15,20H,4-7,9-11H2,1H3,(H,21,23)(H,22,24);1H. The first-order valence-corrected chi connectivity index (χ1v) is 10.0. The highest BCUT2D eigenvalue weighted by molar-refractivity contribution is 8.01. The summed E-state index contributed by atoms with van der Waals surface area (Å²) in [6, 6.07) is 5.38. The lowest BCUT2D eigenvalue weighted by Crippen LogP contribution is -2.47. The molecule has 1 aromatic rings. The molecule has 3 rings (SSSR count). The topological polar surface area (TPSA) is 79.5 Å². The van der Waals surface area contributed by atoms with Crippen molar-refractivity contribution in [2.45, 2.75) is 29.4 Å². The molecule has 9 heteroatoms. The van der Waals surface area contributed by atoms with Gasteiger partial charge >= 0.3 is 0 Å². The maximum atomic E-state index is 12.4. The number of hydrogen-bond donors (Lipinski definition) is 3. The fourth-order valence-corrected chi connectivity index (χ4v) is 4.68. The summed E-state index contributed by atoms with van der Waals surface area (Å²) < 4.78 is 5.37. The summed E-state index contributed by atoms with van der Waals surface area (Å²) >= 11 is 7.37. The molecule has 150 valence electrons. The first kappa shape index (κ1) is 22.3. The Bertz CT molecular complexity index is 678. The van der Waals surface area contributed by atoms with Gasteiger partial charge in [-0.3, -0.25) is 9.59 Å². The van der Waals surface area contributed by atoms with Gasteiger partial charge in [0.05, 0.1) is 17.5 Å². The zero-order valence-electron chi connectivity index (χ0n) is 15.2. The van der Waals surface area contributed by atoms with Gasteiger partial charge in [0, 0.05) is 35.4 Å². The lowest BCUT2D eigenvalue weighted by molar-refractivity contribution is -0.124. The van der Waals surface area contributed by atoms with Crippen molar-refractivity contribution < 1.29 is 14.3 Å². The van der Waals surface area contributed by atoms with Crippen LogP contribution in [0.4, 0.5) is 5.69 Å². The van der Waals surface area contributed by atoms with E-state index in [4.69, 9.17) is 16.3 Å². The average molecular weight is 434 g/mol. The van der Waals surface area contributed by atoms with E-state index in [1.54, 1.807) is 19.2 Å². The molecule has 2 amide bonds. The highest BCUT2D eigenvalue weighted by atomic mass is 35.5. The number of rotatable bonds is 6. The van der Waals surface area contributed by atoms with Gasteiger partial charge in [0.15, 0.2) is 0 Å². The monoisotopic (exact) mass is 433 g/mol. The molecular weight excluding hydrogens is 409 g/mol. The number of benzene rings is 1. The lowest BCUT2D eigenvalue weighted by atomic mass is 9.79. The molecule has 1 atom stereocenters. The molecule has 0 saturated carbocycles. The van der Waals surface area contributed by atoms with E-state index in [1.165, 1.54) is 11.8 Å². The molecule has 2 heterocycles. The van der Waals surface area contributed by atoms with Crippen molar-refractivity contribution in [3.63, 3.8) is 0 Å².